The highest BCUT2D eigenvalue weighted by atomic mass is 19.4. The fraction of sp³-hybridized carbons (Fsp3) is 0.276. The molecule has 0 saturated heterocycles. The molecule has 0 spiro atoms. The van der Waals surface area contributed by atoms with Crippen LogP contribution >= 0.6 is 0 Å². The lowest BCUT2D eigenvalue weighted by Gasteiger charge is -2.25. The number of alkyl halides is 5. The van der Waals surface area contributed by atoms with E-state index in [1.165, 1.54) is 38.1 Å². The molecule has 1 atom stereocenters. The average Bonchev–Trinajstić information content (AvgIpc) is 3.44. The Kier molecular flexibility index (Phi) is 7.45. The number of nitrogens with zero attached hydrogens (tertiary/aromatic N) is 5. The number of nitrogens with two attached hydrogens (primary N) is 1. The third kappa shape index (κ3) is 5.60. The molecule has 4 aromatic rings. The first-order valence-corrected chi connectivity index (χ1v) is 12.9. The molecule has 0 unspecified atom stereocenters. The van der Waals surface area contributed by atoms with Crippen molar-refractivity contribution in [3.63, 3.8) is 0 Å². The number of aromatic nitrogens is 3. The van der Waals surface area contributed by atoms with Crippen molar-refractivity contribution >= 4 is 11.6 Å². The van der Waals surface area contributed by atoms with Gasteiger partial charge in [0.05, 0.1) is 35.5 Å². The molecule has 0 bridgehead atoms. The van der Waals surface area contributed by atoms with Crippen LogP contribution in [0, 0.1) is 23.0 Å². The molecule has 3 heterocycles. The molecule has 2 aromatic heterocycles. The number of anilines is 1. The predicted molar refractivity (Wildman–Crippen MR) is 141 cm³/mol. The molecule has 8 nitrogen and oxygen atoms in total. The van der Waals surface area contributed by atoms with Crippen molar-refractivity contribution in [2.24, 2.45) is 5.73 Å². The number of carbonyl (C=O) groups excluding carboxylic acids is 1. The Labute approximate surface area is 244 Å². The molecule has 1 aliphatic rings. The molecule has 0 saturated carbocycles. The lowest BCUT2D eigenvalue weighted by Crippen LogP contribution is -2.43. The second-order valence-electron chi connectivity index (χ2n) is 10.7. The molecule has 44 heavy (non-hydrogen) atoms. The van der Waals surface area contributed by atoms with Crippen molar-refractivity contribution in [2.45, 2.75) is 50.4 Å². The van der Waals surface area contributed by atoms with Crippen molar-refractivity contribution in [2.75, 3.05) is 4.90 Å². The second kappa shape index (κ2) is 10.7. The van der Waals surface area contributed by atoms with Gasteiger partial charge in [-0.05, 0) is 37.6 Å². The largest absolute Gasteiger partial charge is 0.419 e. The second-order valence-corrected chi connectivity index (χ2v) is 10.7. The molecule has 0 fully saturated rings. The first kappa shape index (κ1) is 30.6. The number of nitriles is 1. The van der Waals surface area contributed by atoms with E-state index in [0.29, 0.717) is 23.9 Å². The normalized spacial score (nSPS) is 16.8. The molecule has 2 N–H and O–H groups in total. The van der Waals surface area contributed by atoms with E-state index in [4.69, 9.17) is 10.2 Å². The van der Waals surface area contributed by atoms with E-state index < -0.39 is 70.1 Å². The minimum absolute atomic E-state index is 0.114. The van der Waals surface area contributed by atoms with Gasteiger partial charge >= 0.3 is 6.18 Å². The molecule has 15 heteroatoms. The van der Waals surface area contributed by atoms with Gasteiger partial charge in [-0.3, -0.25) is 9.78 Å². The fourth-order valence-corrected chi connectivity index (χ4v) is 4.59. The van der Waals surface area contributed by atoms with E-state index in [9.17, 15) is 27.6 Å². The van der Waals surface area contributed by atoms with E-state index in [1.54, 1.807) is 0 Å². The maximum absolute atomic E-state index is 15.3. The maximum atomic E-state index is 15.3. The molecule has 0 aliphatic carbocycles. The Bertz CT molecular complexity index is 1800. The maximum Gasteiger partial charge on any atom is 0.417 e. The van der Waals surface area contributed by atoms with E-state index in [0.717, 1.165) is 11.0 Å². The van der Waals surface area contributed by atoms with Gasteiger partial charge in [0.1, 0.15) is 22.7 Å². The zero-order valence-electron chi connectivity index (χ0n) is 22.9. The summed E-state index contributed by atoms with van der Waals surface area (Å²) in [6, 6.07) is 7.58. The Hall–Kier alpha value is -4.84. The van der Waals surface area contributed by atoms with E-state index in [-0.39, 0.29) is 29.4 Å². The zero-order valence-corrected chi connectivity index (χ0v) is 22.9. The number of carbonyl (C=O) groups is 1. The topological polar surface area (TPSA) is 122 Å². The third-order valence-corrected chi connectivity index (χ3v) is 7.04. The number of pyridine rings is 1. The summed E-state index contributed by atoms with van der Waals surface area (Å²) >= 11 is 0. The highest BCUT2D eigenvalue weighted by Gasteiger charge is 2.45. The number of amides is 1. The molecule has 2 aromatic carbocycles. The quantitative estimate of drug-likeness (QED) is 0.262. The van der Waals surface area contributed by atoms with Crippen LogP contribution in [0.1, 0.15) is 42.8 Å². The molecule has 0 radical (unpaired) electrons. The number of hydrogen-bond donors (Lipinski definition) is 1. The van der Waals surface area contributed by atoms with Gasteiger partial charge in [-0.2, -0.15) is 18.4 Å². The summed E-state index contributed by atoms with van der Waals surface area (Å²) in [5, 5.41) is 16.9. The summed E-state index contributed by atoms with van der Waals surface area (Å²) in [6.07, 6.45) is -5.40. The van der Waals surface area contributed by atoms with Crippen molar-refractivity contribution in [3.8, 4) is 28.8 Å². The fourth-order valence-electron chi connectivity index (χ4n) is 4.59. The summed E-state index contributed by atoms with van der Waals surface area (Å²) in [6.45, 7) is 2.61. The molecule has 228 valence electrons. The number of fused-ring (bicyclic) bond motifs is 1. The van der Waals surface area contributed by atoms with Crippen molar-refractivity contribution < 1.29 is 39.9 Å². The first-order chi connectivity index (χ1) is 20.5. The van der Waals surface area contributed by atoms with Crippen LogP contribution in [-0.2, 0) is 28.9 Å². The van der Waals surface area contributed by atoms with Gasteiger partial charge in [-0.25, -0.2) is 17.6 Å². The number of benzene rings is 2. The summed E-state index contributed by atoms with van der Waals surface area (Å²) < 4.78 is 104. The molecule has 1 aliphatic heterocycles. The van der Waals surface area contributed by atoms with Crippen LogP contribution in [0.25, 0.3) is 22.7 Å². The van der Waals surface area contributed by atoms with Crippen LogP contribution in [0.4, 0.5) is 36.4 Å². The molecule has 1 amide bonds. The summed E-state index contributed by atoms with van der Waals surface area (Å²) in [7, 11) is 0. The van der Waals surface area contributed by atoms with Crippen molar-refractivity contribution in [1.82, 2.24) is 15.2 Å². The van der Waals surface area contributed by atoms with Gasteiger partial charge in [-0.1, -0.05) is 24.3 Å². The zero-order chi connectivity index (χ0) is 32.2. The minimum atomic E-state index is -4.79. The Balaban J connectivity index is 1.54. The van der Waals surface area contributed by atoms with Gasteiger partial charge in [-0.15, -0.1) is 10.2 Å². The number of halogens is 7. The van der Waals surface area contributed by atoms with Crippen LogP contribution < -0.4 is 10.6 Å². The highest BCUT2D eigenvalue weighted by molar-refractivity contribution is 5.99. The van der Waals surface area contributed by atoms with Crippen molar-refractivity contribution in [3.05, 3.63) is 82.9 Å². The standard InChI is InChI=1S/C29H21F7N6O2/c1-27(2,13-37)26-41-40-24(44-26)17-8-22-18(9-19(17)30)28(32,33)10-21(38)25(43)42(22)12-14-3-5-15(6-4-14)23-20(31)7-16(11-39-23)29(34,35)36/h3-9,11,21H,10,12,38H2,1-2H3/t21-/m1/s1. The average molecular weight is 619 g/mol. The van der Waals surface area contributed by atoms with Gasteiger partial charge in [0.2, 0.25) is 11.8 Å². The van der Waals surface area contributed by atoms with Gasteiger partial charge in [0.25, 0.3) is 11.8 Å². The summed E-state index contributed by atoms with van der Waals surface area (Å²) in [5.41, 5.74) is 1.81. The number of hydrogen-bond acceptors (Lipinski definition) is 7. The van der Waals surface area contributed by atoms with E-state index in [2.05, 4.69) is 15.2 Å². The van der Waals surface area contributed by atoms with Gasteiger partial charge in [0.15, 0.2) is 0 Å². The molecular weight excluding hydrogens is 597 g/mol. The van der Waals surface area contributed by atoms with Crippen LogP contribution in [0.15, 0.2) is 53.1 Å². The number of rotatable bonds is 5. The van der Waals surface area contributed by atoms with Crippen LogP contribution in [0.3, 0.4) is 0 Å². The van der Waals surface area contributed by atoms with Crippen LogP contribution in [0.2, 0.25) is 0 Å². The predicted octanol–water partition coefficient (Wildman–Crippen LogP) is 6.25. The van der Waals surface area contributed by atoms with E-state index in [1.807, 2.05) is 6.07 Å². The molecule has 5 rings (SSSR count). The SMILES string of the molecule is CC(C)(C#N)c1nnc(-c2cc3c(cc2F)C(F)(F)C[C@@H](N)C(=O)N3Cc2ccc(-c3ncc(C(F)(F)F)cc3F)cc2)o1. The van der Waals surface area contributed by atoms with Crippen molar-refractivity contribution in [1.29, 1.82) is 5.26 Å². The van der Waals surface area contributed by atoms with E-state index >= 15 is 13.2 Å². The lowest BCUT2D eigenvalue weighted by atomic mass is 9.96. The van der Waals surface area contributed by atoms with Gasteiger partial charge < -0.3 is 15.1 Å². The lowest BCUT2D eigenvalue weighted by molar-refractivity contribution is -0.138. The van der Waals surface area contributed by atoms with Gasteiger partial charge in [0, 0.05) is 23.7 Å². The molecular formula is C29H21F7N6O2. The first-order valence-electron chi connectivity index (χ1n) is 12.9. The highest BCUT2D eigenvalue weighted by Crippen LogP contribution is 2.45. The van der Waals surface area contributed by atoms with Crippen LogP contribution in [-0.4, -0.2) is 27.1 Å². The summed E-state index contributed by atoms with van der Waals surface area (Å²) in [4.78, 5) is 17.8. The summed E-state index contributed by atoms with van der Waals surface area (Å²) in [5.74, 6) is -7.54. The Morgan fingerprint density at radius 1 is 1.09 bits per heavy atom. The Morgan fingerprint density at radius 2 is 1.77 bits per heavy atom. The Morgan fingerprint density at radius 3 is 2.39 bits per heavy atom. The third-order valence-electron chi connectivity index (χ3n) is 7.04. The van der Waals surface area contributed by atoms with Crippen LogP contribution in [0.5, 0.6) is 0 Å². The smallest absolute Gasteiger partial charge is 0.417 e. The minimum Gasteiger partial charge on any atom is -0.419 e. The monoisotopic (exact) mass is 618 g/mol.